The molecule has 0 radical (unpaired) electrons. The van der Waals surface area contributed by atoms with E-state index >= 15 is 0 Å². The van der Waals surface area contributed by atoms with Crippen molar-refractivity contribution in [2.24, 2.45) is 0 Å². The number of aliphatic hydroxyl groups excluding tert-OH is 1. The van der Waals surface area contributed by atoms with Gasteiger partial charge in [-0.15, -0.1) is 0 Å². The predicted molar refractivity (Wildman–Crippen MR) is 70.3 cm³/mol. The summed E-state index contributed by atoms with van der Waals surface area (Å²) in [6.07, 6.45) is -3.88. The summed E-state index contributed by atoms with van der Waals surface area (Å²) in [5, 5.41) is 12.2. The molecule has 3 nitrogen and oxygen atoms in total. The van der Waals surface area contributed by atoms with Crippen LogP contribution in [0, 0.1) is 0 Å². The van der Waals surface area contributed by atoms with Gasteiger partial charge in [-0.05, 0) is 25.0 Å². The van der Waals surface area contributed by atoms with Crippen LogP contribution in [0.3, 0.4) is 0 Å². The van der Waals surface area contributed by atoms with Crippen LogP contribution in [0.1, 0.15) is 24.5 Å². The van der Waals surface area contributed by atoms with Crippen molar-refractivity contribution in [1.29, 1.82) is 0 Å². The molecule has 0 amide bonds. The smallest absolute Gasteiger partial charge is 0.396 e. The Morgan fingerprint density at radius 3 is 2.55 bits per heavy atom. The normalized spacial score (nSPS) is 15.1. The molecule has 0 aliphatic rings. The molecular weight excluding hydrogens is 271 g/mol. The summed E-state index contributed by atoms with van der Waals surface area (Å²) < 4.78 is 42.9. The van der Waals surface area contributed by atoms with Gasteiger partial charge in [-0.2, -0.15) is 13.2 Å². The molecule has 1 atom stereocenters. The molecule has 1 aromatic rings. The van der Waals surface area contributed by atoms with Crippen LogP contribution < -0.4 is 5.32 Å². The van der Waals surface area contributed by atoms with Crippen molar-refractivity contribution in [3.05, 3.63) is 35.4 Å². The Kier molecular flexibility index (Phi) is 5.98. The molecule has 0 bridgehead atoms. The van der Waals surface area contributed by atoms with Gasteiger partial charge in [0.1, 0.15) is 0 Å². The van der Waals surface area contributed by atoms with Crippen LogP contribution in [-0.4, -0.2) is 31.0 Å². The summed E-state index contributed by atoms with van der Waals surface area (Å²) in [6, 6.07) is 5.19. The molecule has 6 heteroatoms. The van der Waals surface area contributed by atoms with E-state index in [1.165, 1.54) is 6.07 Å². The average molecular weight is 291 g/mol. The minimum absolute atomic E-state index is 0.0184. The summed E-state index contributed by atoms with van der Waals surface area (Å²) in [7, 11) is 1.54. The molecule has 20 heavy (non-hydrogen) atoms. The fourth-order valence-corrected chi connectivity index (χ4v) is 1.95. The Morgan fingerprint density at radius 1 is 1.30 bits per heavy atom. The highest BCUT2D eigenvalue weighted by Gasteiger charge is 2.30. The fourth-order valence-electron chi connectivity index (χ4n) is 1.95. The Balaban J connectivity index is 2.73. The van der Waals surface area contributed by atoms with Gasteiger partial charge in [0.15, 0.2) is 0 Å². The minimum atomic E-state index is -4.34. The van der Waals surface area contributed by atoms with E-state index in [0.29, 0.717) is 18.6 Å². The van der Waals surface area contributed by atoms with Crippen LogP contribution in [0.4, 0.5) is 13.2 Å². The van der Waals surface area contributed by atoms with Crippen LogP contribution in [-0.2, 0) is 17.5 Å². The molecule has 1 rings (SSSR count). The topological polar surface area (TPSA) is 41.5 Å². The second kappa shape index (κ2) is 7.06. The van der Waals surface area contributed by atoms with Crippen molar-refractivity contribution in [3.8, 4) is 0 Å². The minimum Gasteiger partial charge on any atom is -0.396 e. The number of aliphatic hydroxyl groups is 1. The third kappa shape index (κ3) is 5.11. The standard InChI is InChI=1S/C14H20F3NO2/c1-13(6-7-19,10-20-2)18-9-11-4-3-5-12(8-11)14(15,16)17/h3-5,8,18-19H,6-7,9-10H2,1-2H3. The molecule has 0 aromatic heterocycles. The lowest BCUT2D eigenvalue weighted by Crippen LogP contribution is -2.46. The van der Waals surface area contributed by atoms with Crippen molar-refractivity contribution in [2.45, 2.75) is 31.6 Å². The van der Waals surface area contributed by atoms with Gasteiger partial charge >= 0.3 is 6.18 Å². The Hall–Kier alpha value is -1.11. The molecule has 0 aliphatic carbocycles. The molecule has 0 saturated carbocycles. The molecule has 2 N–H and O–H groups in total. The first kappa shape index (κ1) is 16.9. The second-order valence-electron chi connectivity index (χ2n) is 5.02. The van der Waals surface area contributed by atoms with E-state index in [1.807, 2.05) is 6.92 Å². The average Bonchev–Trinajstić information content (AvgIpc) is 2.36. The lowest BCUT2D eigenvalue weighted by Gasteiger charge is -2.29. The van der Waals surface area contributed by atoms with Gasteiger partial charge in [-0.3, -0.25) is 0 Å². The molecule has 1 aromatic carbocycles. The van der Waals surface area contributed by atoms with Crippen LogP contribution in [0.15, 0.2) is 24.3 Å². The van der Waals surface area contributed by atoms with E-state index in [0.717, 1.165) is 12.1 Å². The maximum absolute atomic E-state index is 12.6. The first-order chi connectivity index (χ1) is 9.30. The SMILES string of the molecule is COCC(C)(CCO)NCc1cccc(C(F)(F)F)c1. The lowest BCUT2D eigenvalue weighted by molar-refractivity contribution is -0.137. The van der Waals surface area contributed by atoms with Gasteiger partial charge in [0.2, 0.25) is 0 Å². The predicted octanol–water partition coefficient (Wildman–Crippen LogP) is 2.58. The molecule has 0 saturated heterocycles. The number of hydrogen-bond donors (Lipinski definition) is 2. The Bertz CT molecular complexity index is 415. The molecule has 0 aliphatic heterocycles. The van der Waals surface area contributed by atoms with Gasteiger partial charge in [0.25, 0.3) is 0 Å². The van der Waals surface area contributed by atoms with Crippen LogP contribution in [0.2, 0.25) is 0 Å². The third-order valence-electron chi connectivity index (χ3n) is 3.10. The van der Waals surface area contributed by atoms with Gasteiger partial charge in [0.05, 0.1) is 12.2 Å². The van der Waals surface area contributed by atoms with Crippen molar-refractivity contribution < 1.29 is 23.0 Å². The molecule has 1 unspecified atom stereocenters. The monoisotopic (exact) mass is 291 g/mol. The molecule has 0 spiro atoms. The summed E-state index contributed by atoms with van der Waals surface area (Å²) >= 11 is 0. The largest absolute Gasteiger partial charge is 0.416 e. The number of methoxy groups -OCH3 is 1. The molecule has 0 fully saturated rings. The number of benzene rings is 1. The zero-order valence-corrected chi connectivity index (χ0v) is 11.6. The maximum Gasteiger partial charge on any atom is 0.416 e. The quantitative estimate of drug-likeness (QED) is 0.811. The van der Waals surface area contributed by atoms with Gasteiger partial charge < -0.3 is 15.2 Å². The van der Waals surface area contributed by atoms with Crippen molar-refractivity contribution in [2.75, 3.05) is 20.3 Å². The summed E-state index contributed by atoms with van der Waals surface area (Å²) in [6.45, 7) is 2.49. The fraction of sp³-hybridized carbons (Fsp3) is 0.571. The highest BCUT2D eigenvalue weighted by Crippen LogP contribution is 2.29. The number of hydrogen-bond acceptors (Lipinski definition) is 3. The van der Waals surface area contributed by atoms with Gasteiger partial charge in [-0.25, -0.2) is 0 Å². The van der Waals surface area contributed by atoms with Crippen molar-refractivity contribution >= 4 is 0 Å². The first-order valence-corrected chi connectivity index (χ1v) is 6.32. The Labute approximate surface area is 116 Å². The van der Waals surface area contributed by atoms with Gasteiger partial charge in [-0.1, -0.05) is 18.2 Å². The van der Waals surface area contributed by atoms with E-state index in [-0.39, 0.29) is 13.2 Å². The zero-order valence-electron chi connectivity index (χ0n) is 11.6. The third-order valence-corrected chi connectivity index (χ3v) is 3.10. The molecule has 0 heterocycles. The summed E-state index contributed by atoms with van der Waals surface area (Å²) in [5.41, 5.74) is -0.593. The van der Waals surface area contributed by atoms with E-state index < -0.39 is 17.3 Å². The number of nitrogens with one attached hydrogen (secondary N) is 1. The maximum atomic E-state index is 12.6. The highest BCUT2D eigenvalue weighted by atomic mass is 19.4. The molecular formula is C14H20F3NO2. The number of rotatable bonds is 7. The molecule has 114 valence electrons. The zero-order chi connectivity index (χ0) is 15.2. The van der Waals surface area contributed by atoms with Crippen molar-refractivity contribution in [3.63, 3.8) is 0 Å². The number of halogens is 3. The van der Waals surface area contributed by atoms with E-state index in [1.54, 1.807) is 13.2 Å². The second-order valence-corrected chi connectivity index (χ2v) is 5.02. The van der Waals surface area contributed by atoms with E-state index in [2.05, 4.69) is 5.32 Å². The van der Waals surface area contributed by atoms with Crippen LogP contribution in [0.5, 0.6) is 0 Å². The summed E-state index contributed by atoms with van der Waals surface area (Å²) in [5.74, 6) is 0. The number of alkyl halides is 3. The Morgan fingerprint density at radius 2 is 2.00 bits per heavy atom. The van der Waals surface area contributed by atoms with Gasteiger partial charge in [0, 0.05) is 25.8 Å². The summed E-state index contributed by atoms with van der Waals surface area (Å²) in [4.78, 5) is 0. The highest BCUT2D eigenvalue weighted by molar-refractivity contribution is 5.25. The van der Waals surface area contributed by atoms with E-state index in [9.17, 15) is 13.2 Å². The van der Waals surface area contributed by atoms with Crippen molar-refractivity contribution in [1.82, 2.24) is 5.32 Å². The van der Waals surface area contributed by atoms with Crippen LogP contribution in [0.25, 0.3) is 0 Å². The number of ether oxygens (including phenoxy) is 1. The lowest BCUT2D eigenvalue weighted by atomic mass is 9.98. The van der Waals surface area contributed by atoms with Crippen LogP contribution >= 0.6 is 0 Å². The van der Waals surface area contributed by atoms with E-state index in [4.69, 9.17) is 9.84 Å². The first-order valence-electron chi connectivity index (χ1n) is 6.32.